The van der Waals surface area contributed by atoms with E-state index in [9.17, 15) is 0 Å². The third-order valence-electron chi connectivity index (χ3n) is 0.950. The number of hydrogen-bond donors (Lipinski definition) is 1. The lowest BCUT2D eigenvalue weighted by atomic mass is 10.1. The van der Waals surface area contributed by atoms with E-state index in [1.165, 1.54) is 0 Å². The molecule has 1 N–H and O–H groups in total. The summed E-state index contributed by atoms with van der Waals surface area (Å²) >= 11 is 3.12. The smallest absolute Gasteiger partial charge is 0.0201 e. The average molecular weight is 230 g/mol. The first kappa shape index (κ1) is 11.7. The molecule has 0 bridgehead atoms. The van der Waals surface area contributed by atoms with E-state index < -0.39 is 0 Å². The Labute approximate surface area is 83.5 Å². The number of halogens is 1. The van der Waals surface area contributed by atoms with E-state index in [-0.39, 0.29) is 5.54 Å². The van der Waals surface area contributed by atoms with Crippen LogP contribution in [0.25, 0.3) is 0 Å². The van der Waals surface area contributed by atoms with Crippen LogP contribution in [-0.4, -0.2) is 5.54 Å². The molecule has 1 aromatic rings. The van der Waals surface area contributed by atoms with Crippen molar-refractivity contribution in [1.82, 2.24) is 4.34 Å². The topological polar surface area (TPSA) is 12.0 Å². The van der Waals surface area contributed by atoms with Crippen molar-refractivity contribution in [2.45, 2.75) is 26.3 Å². The molecule has 0 saturated heterocycles. The second-order valence-corrected chi connectivity index (χ2v) is 3.90. The standard InChI is InChI=1S/C6H6.C4H10BrN/c1-2-4-6-5-3-1;1-4(2,3)6-5/h1-6H;6H,1-3H3. The summed E-state index contributed by atoms with van der Waals surface area (Å²) in [5, 5.41) is 0. The Morgan fingerprint density at radius 3 is 1.08 bits per heavy atom. The van der Waals surface area contributed by atoms with Gasteiger partial charge >= 0.3 is 0 Å². The highest BCUT2D eigenvalue weighted by Gasteiger charge is 2.03. The first-order valence-corrected chi connectivity index (χ1v) is 4.73. The van der Waals surface area contributed by atoms with Gasteiger partial charge in [-0.25, -0.2) is 0 Å². The molecule has 0 unspecified atom stereocenters. The Morgan fingerprint density at radius 1 is 0.833 bits per heavy atom. The molecule has 0 heterocycles. The van der Waals surface area contributed by atoms with Gasteiger partial charge in [0.1, 0.15) is 0 Å². The van der Waals surface area contributed by atoms with Crippen molar-refractivity contribution in [1.29, 1.82) is 0 Å². The summed E-state index contributed by atoms with van der Waals surface area (Å²) in [6.07, 6.45) is 0. The van der Waals surface area contributed by atoms with Crippen LogP contribution in [0.2, 0.25) is 0 Å². The maximum Gasteiger partial charge on any atom is 0.0201 e. The largest absolute Gasteiger partial charge is 0.251 e. The zero-order chi connectivity index (χ0) is 9.45. The van der Waals surface area contributed by atoms with E-state index in [0.29, 0.717) is 0 Å². The Kier molecular flexibility index (Phi) is 6.03. The number of nitrogens with one attached hydrogen (secondary N) is 1. The maximum absolute atomic E-state index is 3.12. The van der Waals surface area contributed by atoms with Gasteiger partial charge in [0.15, 0.2) is 0 Å². The molecule has 1 aromatic carbocycles. The second-order valence-electron chi connectivity index (χ2n) is 3.50. The normalized spacial score (nSPS) is 10.0. The lowest BCUT2D eigenvalue weighted by molar-refractivity contribution is 0.543. The van der Waals surface area contributed by atoms with E-state index >= 15 is 0 Å². The summed E-state index contributed by atoms with van der Waals surface area (Å²) in [4.78, 5) is 0. The Hall–Kier alpha value is -0.340. The van der Waals surface area contributed by atoms with E-state index in [0.717, 1.165) is 0 Å². The Morgan fingerprint density at radius 2 is 1.00 bits per heavy atom. The van der Waals surface area contributed by atoms with Gasteiger partial charge in [0.2, 0.25) is 0 Å². The molecule has 0 atom stereocenters. The predicted molar refractivity (Wildman–Crippen MR) is 58.3 cm³/mol. The Bertz CT molecular complexity index is 152. The van der Waals surface area contributed by atoms with E-state index in [2.05, 4.69) is 41.3 Å². The minimum Gasteiger partial charge on any atom is -0.251 e. The van der Waals surface area contributed by atoms with Crippen LogP contribution >= 0.6 is 16.1 Å². The van der Waals surface area contributed by atoms with Crippen molar-refractivity contribution >= 4 is 16.1 Å². The lowest BCUT2D eigenvalue weighted by Gasteiger charge is -2.13. The average Bonchev–Trinajstić information content (AvgIpc) is 2.07. The fraction of sp³-hybridized carbons (Fsp3) is 0.400. The summed E-state index contributed by atoms with van der Waals surface area (Å²) < 4.78 is 2.92. The zero-order valence-electron chi connectivity index (χ0n) is 7.84. The molecule has 0 radical (unpaired) electrons. The highest BCUT2D eigenvalue weighted by atomic mass is 79.9. The molecule has 1 rings (SSSR count). The highest BCUT2D eigenvalue weighted by Crippen LogP contribution is 1.98. The van der Waals surface area contributed by atoms with Crippen molar-refractivity contribution in [3.8, 4) is 0 Å². The summed E-state index contributed by atoms with van der Waals surface area (Å²) in [5.74, 6) is 0. The van der Waals surface area contributed by atoms with Gasteiger partial charge in [-0.3, -0.25) is 4.34 Å². The summed E-state index contributed by atoms with van der Waals surface area (Å²) in [6, 6.07) is 12.0. The molecular weight excluding hydrogens is 214 g/mol. The first-order valence-electron chi connectivity index (χ1n) is 3.94. The quantitative estimate of drug-likeness (QED) is 0.674. The number of hydrogen-bond acceptors (Lipinski definition) is 1. The lowest BCUT2D eigenvalue weighted by Crippen LogP contribution is -2.26. The van der Waals surface area contributed by atoms with Gasteiger partial charge in [0.05, 0.1) is 0 Å². The van der Waals surface area contributed by atoms with E-state index in [1.807, 2.05) is 36.4 Å². The first-order chi connectivity index (χ1) is 5.56. The van der Waals surface area contributed by atoms with Crippen molar-refractivity contribution in [2.24, 2.45) is 0 Å². The fourth-order valence-electron chi connectivity index (χ4n) is 0.385. The SMILES string of the molecule is CC(C)(C)NBr.c1ccccc1. The molecule has 12 heavy (non-hydrogen) atoms. The molecule has 68 valence electrons. The van der Waals surface area contributed by atoms with Gasteiger partial charge in [0.25, 0.3) is 0 Å². The van der Waals surface area contributed by atoms with Crippen molar-refractivity contribution < 1.29 is 0 Å². The molecule has 0 fully saturated rings. The summed E-state index contributed by atoms with van der Waals surface area (Å²) in [7, 11) is 0. The van der Waals surface area contributed by atoms with Crippen molar-refractivity contribution in [2.75, 3.05) is 0 Å². The predicted octanol–water partition coefficient (Wildman–Crippen LogP) is 3.37. The monoisotopic (exact) mass is 229 g/mol. The van der Waals surface area contributed by atoms with Crippen LogP contribution in [0.5, 0.6) is 0 Å². The van der Waals surface area contributed by atoms with Crippen LogP contribution in [0.1, 0.15) is 20.8 Å². The molecule has 0 aromatic heterocycles. The van der Waals surface area contributed by atoms with Crippen LogP contribution in [0.3, 0.4) is 0 Å². The van der Waals surface area contributed by atoms with Crippen LogP contribution < -0.4 is 4.34 Å². The molecule has 0 aliphatic heterocycles. The van der Waals surface area contributed by atoms with E-state index in [4.69, 9.17) is 0 Å². The van der Waals surface area contributed by atoms with Gasteiger partial charge in [-0.2, -0.15) is 0 Å². The van der Waals surface area contributed by atoms with Crippen LogP contribution in [-0.2, 0) is 0 Å². The molecule has 0 aliphatic carbocycles. The number of rotatable bonds is 0. The third kappa shape index (κ3) is 9.66. The molecule has 0 amide bonds. The van der Waals surface area contributed by atoms with E-state index in [1.54, 1.807) is 0 Å². The Balaban J connectivity index is 0.000000202. The van der Waals surface area contributed by atoms with Gasteiger partial charge in [0, 0.05) is 21.7 Å². The van der Waals surface area contributed by atoms with Crippen LogP contribution in [0, 0.1) is 0 Å². The highest BCUT2D eigenvalue weighted by molar-refractivity contribution is 9.08. The summed E-state index contributed by atoms with van der Waals surface area (Å²) in [6.45, 7) is 6.26. The minimum atomic E-state index is 0.208. The van der Waals surface area contributed by atoms with Crippen molar-refractivity contribution in [3.05, 3.63) is 36.4 Å². The molecule has 2 heteroatoms. The maximum atomic E-state index is 3.12. The third-order valence-corrected chi connectivity index (χ3v) is 2.14. The molecular formula is C10H16BrN. The minimum absolute atomic E-state index is 0.208. The van der Waals surface area contributed by atoms with Gasteiger partial charge in [-0.1, -0.05) is 36.4 Å². The molecule has 0 aliphatic rings. The molecule has 0 saturated carbocycles. The van der Waals surface area contributed by atoms with Crippen molar-refractivity contribution in [3.63, 3.8) is 0 Å². The molecule has 0 spiro atoms. The van der Waals surface area contributed by atoms with Crippen LogP contribution in [0.15, 0.2) is 36.4 Å². The summed E-state index contributed by atoms with van der Waals surface area (Å²) in [5.41, 5.74) is 0.208. The van der Waals surface area contributed by atoms with Gasteiger partial charge in [-0.05, 0) is 20.8 Å². The molecule has 1 nitrogen and oxygen atoms in total. The fourth-order valence-corrected chi connectivity index (χ4v) is 0.385. The van der Waals surface area contributed by atoms with Gasteiger partial charge in [-0.15, -0.1) is 0 Å². The second kappa shape index (κ2) is 6.21. The van der Waals surface area contributed by atoms with Crippen LogP contribution in [0.4, 0.5) is 0 Å². The number of benzene rings is 1. The van der Waals surface area contributed by atoms with Gasteiger partial charge < -0.3 is 0 Å². The zero-order valence-corrected chi connectivity index (χ0v) is 9.43.